The fraction of sp³-hybridized carbons (Fsp3) is 0.294. The van der Waals surface area contributed by atoms with Gasteiger partial charge in [0.1, 0.15) is 11.1 Å². The van der Waals surface area contributed by atoms with Crippen molar-refractivity contribution >= 4 is 27.4 Å². The topological polar surface area (TPSA) is 82.6 Å². The summed E-state index contributed by atoms with van der Waals surface area (Å²) in [6.07, 6.45) is 1.52. The fourth-order valence-corrected chi connectivity index (χ4v) is 3.90. The lowest BCUT2D eigenvalue weighted by molar-refractivity contribution is 0.0659. The number of nitrogens with zero attached hydrogens (tertiary/aromatic N) is 3. The quantitative estimate of drug-likeness (QED) is 0.872. The zero-order chi connectivity index (χ0) is 18.0. The molecular weight excluding hydrogens is 340 g/mol. The minimum Gasteiger partial charge on any atom is -0.363 e. The third kappa shape index (κ3) is 3.74. The lowest BCUT2D eigenvalue weighted by atomic mass is 10.1. The van der Waals surface area contributed by atoms with Crippen LogP contribution in [0.2, 0.25) is 0 Å². The Balaban J connectivity index is 1.60. The predicted octanol–water partition coefficient (Wildman–Crippen LogP) is 1.41. The molecule has 2 aromatic rings. The zero-order valence-corrected chi connectivity index (χ0v) is 14.9. The molecule has 2 heterocycles. The monoisotopic (exact) mass is 360 g/mol. The number of rotatable bonds is 5. The Kier molecular flexibility index (Phi) is 4.63. The Morgan fingerprint density at radius 2 is 1.84 bits per heavy atom. The van der Waals surface area contributed by atoms with Crippen molar-refractivity contribution in [2.24, 2.45) is 0 Å². The van der Waals surface area contributed by atoms with Crippen LogP contribution in [0.4, 0.5) is 11.5 Å². The molecule has 3 rings (SSSR count). The van der Waals surface area contributed by atoms with Crippen molar-refractivity contribution in [3.05, 3.63) is 54.2 Å². The summed E-state index contributed by atoms with van der Waals surface area (Å²) in [5, 5.41) is -0.606. The Hall–Kier alpha value is -2.61. The molecule has 0 saturated carbocycles. The molecule has 0 aliphatic carbocycles. The van der Waals surface area contributed by atoms with E-state index in [4.69, 9.17) is 0 Å². The van der Waals surface area contributed by atoms with E-state index in [1.165, 1.54) is 11.1 Å². The van der Waals surface area contributed by atoms with E-state index in [1.54, 1.807) is 36.4 Å². The van der Waals surface area contributed by atoms with Crippen molar-refractivity contribution in [2.75, 3.05) is 36.8 Å². The summed E-state index contributed by atoms with van der Waals surface area (Å²) >= 11 is 0. The van der Waals surface area contributed by atoms with Crippen molar-refractivity contribution in [1.82, 2.24) is 9.88 Å². The van der Waals surface area contributed by atoms with Crippen molar-refractivity contribution < 1.29 is 13.2 Å². The molecule has 1 aliphatic heterocycles. The van der Waals surface area contributed by atoms with Crippen LogP contribution in [0.5, 0.6) is 0 Å². The molecule has 132 valence electrons. The van der Waals surface area contributed by atoms with E-state index < -0.39 is 15.3 Å². The second-order valence-corrected chi connectivity index (χ2v) is 8.11. The van der Waals surface area contributed by atoms with Crippen LogP contribution in [-0.2, 0) is 10.0 Å². The number of carbonyl (C=O) groups excluding carboxylic acids is 1. The molecule has 0 radical (unpaired) electrons. The Morgan fingerprint density at radius 3 is 2.40 bits per heavy atom. The van der Waals surface area contributed by atoms with E-state index in [2.05, 4.69) is 9.71 Å². The highest BCUT2D eigenvalue weighted by atomic mass is 32.2. The standard InChI is InChI=1S/C17H20N4O3S/c1-20(2)16-9-8-13(10-18-16)17(22)21-11-15(12-21)25(23,24)19-14-6-4-3-5-7-14/h3-10,15,19H,11-12H2,1-2H3. The molecule has 7 nitrogen and oxygen atoms in total. The molecule has 0 spiro atoms. The number of aromatic nitrogens is 1. The van der Waals surface area contributed by atoms with Crippen LogP contribution < -0.4 is 9.62 Å². The van der Waals surface area contributed by atoms with Gasteiger partial charge in [-0.1, -0.05) is 18.2 Å². The van der Waals surface area contributed by atoms with Crippen molar-refractivity contribution in [2.45, 2.75) is 5.25 Å². The molecule has 8 heteroatoms. The van der Waals surface area contributed by atoms with E-state index in [1.807, 2.05) is 25.1 Å². The molecule has 25 heavy (non-hydrogen) atoms. The van der Waals surface area contributed by atoms with E-state index in [-0.39, 0.29) is 19.0 Å². The van der Waals surface area contributed by atoms with Gasteiger partial charge in [-0.05, 0) is 24.3 Å². The van der Waals surface area contributed by atoms with Crippen molar-refractivity contribution in [3.8, 4) is 0 Å². The van der Waals surface area contributed by atoms with Gasteiger partial charge in [-0.3, -0.25) is 9.52 Å². The van der Waals surface area contributed by atoms with Crippen LogP contribution >= 0.6 is 0 Å². The molecule has 0 unspecified atom stereocenters. The first-order valence-electron chi connectivity index (χ1n) is 7.86. The van der Waals surface area contributed by atoms with Crippen LogP contribution in [0.3, 0.4) is 0 Å². The van der Waals surface area contributed by atoms with Gasteiger partial charge in [0.15, 0.2) is 0 Å². The summed E-state index contributed by atoms with van der Waals surface area (Å²) in [7, 11) is 0.230. The Bertz CT molecular complexity index is 845. The largest absolute Gasteiger partial charge is 0.363 e. The van der Waals surface area contributed by atoms with Gasteiger partial charge in [-0.25, -0.2) is 13.4 Å². The number of hydrogen-bond acceptors (Lipinski definition) is 5. The maximum atomic E-state index is 12.4. The molecule has 1 aliphatic rings. The number of hydrogen-bond donors (Lipinski definition) is 1. The predicted molar refractivity (Wildman–Crippen MR) is 97.2 cm³/mol. The third-order valence-electron chi connectivity index (χ3n) is 4.06. The van der Waals surface area contributed by atoms with Crippen LogP contribution in [0, 0.1) is 0 Å². The van der Waals surface area contributed by atoms with Gasteiger partial charge in [0.2, 0.25) is 10.0 Å². The number of anilines is 2. The first-order valence-corrected chi connectivity index (χ1v) is 9.41. The summed E-state index contributed by atoms with van der Waals surface area (Å²) in [6, 6.07) is 12.2. The summed E-state index contributed by atoms with van der Waals surface area (Å²) in [5.41, 5.74) is 0.980. The molecule has 0 atom stereocenters. The molecule has 1 fully saturated rings. The van der Waals surface area contributed by atoms with Gasteiger partial charge >= 0.3 is 0 Å². The fourth-order valence-electron chi connectivity index (χ4n) is 2.51. The minimum atomic E-state index is -3.51. The lowest BCUT2D eigenvalue weighted by Crippen LogP contribution is -2.58. The number of sulfonamides is 1. The summed E-state index contributed by atoms with van der Waals surface area (Å²) in [6.45, 7) is 0.354. The van der Waals surface area contributed by atoms with Crippen molar-refractivity contribution in [3.63, 3.8) is 0 Å². The number of amides is 1. The van der Waals surface area contributed by atoms with Gasteiger partial charge in [-0.15, -0.1) is 0 Å². The molecule has 1 saturated heterocycles. The number of pyridine rings is 1. The molecule has 1 aromatic carbocycles. The van der Waals surface area contributed by atoms with Crippen LogP contribution in [0.15, 0.2) is 48.7 Å². The van der Waals surface area contributed by atoms with E-state index in [0.717, 1.165) is 5.82 Å². The summed E-state index contributed by atoms with van der Waals surface area (Å²) in [5.74, 6) is 0.552. The summed E-state index contributed by atoms with van der Waals surface area (Å²) < 4.78 is 27.2. The smallest absolute Gasteiger partial charge is 0.255 e. The van der Waals surface area contributed by atoms with Crippen LogP contribution in [0.1, 0.15) is 10.4 Å². The van der Waals surface area contributed by atoms with Crippen molar-refractivity contribution in [1.29, 1.82) is 0 Å². The van der Waals surface area contributed by atoms with E-state index in [0.29, 0.717) is 11.3 Å². The van der Waals surface area contributed by atoms with Gasteiger partial charge in [0.05, 0.1) is 5.56 Å². The first kappa shape index (κ1) is 17.2. The second-order valence-electron chi connectivity index (χ2n) is 6.14. The average Bonchev–Trinajstić information content (AvgIpc) is 2.53. The normalized spacial score (nSPS) is 14.7. The number of benzene rings is 1. The Labute approximate surface area is 147 Å². The van der Waals surface area contributed by atoms with E-state index >= 15 is 0 Å². The highest BCUT2D eigenvalue weighted by Crippen LogP contribution is 2.21. The van der Waals surface area contributed by atoms with Crippen LogP contribution in [0.25, 0.3) is 0 Å². The highest BCUT2D eigenvalue weighted by Gasteiger charge is 2.40. The number of para-hydroxylation sites is 1. The van der Waals surface area contributed by atoms with Gasteiger partial charge < -0.3 is 9.80 Å². The van der Waals surface area contributed by atoms with Gasteiger partial charge in [-0.2, -0.15) is 0 Å². The minimum absolute atomic E-state index is 0.177. The molecule has 1 amide bonds. The first-order chi connectivity index (χ1) is 11.9. The maximum absolute atomic E-state index is 12.4. The zero-order valence-electron chi connectivity index (χ0n) is 14.1. The number of likely N-dealkylation sites (tertiary alicyclic amines) is 1. The van der Waals surface area contributed by atoms with Gasteiger partial charge in [0, 0.05) is 39.1 Å². The molecular formula is C17H20N4O3S. The molecule has 1 aromatic heterocycles. The third-order valence-corrected chi connectivity index (χ3v) is 5.76. The molecule has 1 N–H and O–H groups in total. The lowest BCUT2D eigenvalue weighted by Gasteiger charge is -2.38. The van der Waals surface area contributed by atoms with Gasteiger partial charge in [0.25, 0.3) is 5.91 Å². The highest BCUT2D eigenvalue weighted by molar-refractivity contribution is 7.93. The number of carbonyl (C=O) groups is 1. The number of nitrogens with one attached hydrogen (secondary N) is 1. The maximum Gasteiger partial charge on any atom is 0.255 e. The SMILES string of the molecule is CN(C)c1ccc(C(=O)N2CC(S(=O)(=O)Nc3ccccc3)C2)cn1. The second kappa shape index (κ2) is 6.72. The molecule has 0 bridgehead atoms. The van der Waals surface area contributed by atoms with Crippen LogP contribution in [-0.4, -0.2) is 56.6 Å². The average molecular weight is 360 g/mol. The van der Waals surface area contributed by atoms with E-state index in [9.17, 15) is 13.2 Å². The summed E-state index contributed by atoms with van der Waals surface area (Å²) in [4.78, 5) is 20.0. The Morgan fingerprint density at radius 1 is 1.16 bits per heavy atom.